The minimum atomic E-state index is -3.35. The van der Waals surface area contributed by atoms with Crippen LogP contribution in [0.25, 0.3) is 0 Å². The Labute approximate surface area is 129 Å². The van der Waals surface area contributed by atoms with Crippen LogP contribution >= 0.6 is 0 Å². The van der Waals surface area contributed by atoms with Gasteiger partial charge in [-0.2, -0.15) is 17.4 Å². The Bertz CT molecular complexity index is 407. The van der Waals surface area contributed by atoms with E-state index in [2.05, 4.69) is 16.5 Å². The molecule has 0 aromatic rings. The normalized spacial score (nSPS) is 27.0. The van der Waals surface area contributed by atoms with Crippen molar-refractivity contribution in [2.75, 3.05) is 39.3 Å². The van der Waals surface area contributed by atoms with Crippen LogP contribution in [0.3, 0.4) is 0 Å². The minimum absolute atomic E-state index is 0.0846. The molecular weight excluding hydrogens is 288 g/mol. The lowest BCUT2D eigenvalue weighted by molar-refractivity contribution is 0.204. The average molecular weight is 318 g/mol. The molecule has 0 aromatic heterocycles. The second-order valence-electron chi connectivity index (χ2n) is 6.34. The molecular formula is C14H30N4O2S. The van der Waals surface area contributed by atoms with E-state index >= 15 is 0 Å². The van der Waals surface area contributed by atoms with Gasteiger partial charge in [0, 0.05) is 19.1 Å². The molecule has 0 saturated carbocycles. The number of likely N-dealkylation sites (tertiary alicyclic amines) is 1. The van der Waals surface area contributed by atoms with Crippen LogP contribution in [0.1, 0.15) is 39.0 Å². The number of nitrogens with two attached hydrogens (primary N) is 1. The number of hydrogen-bond acceptors (Lipinski definition) is 4. The first-order chi connectivity index (χ1) is 10.0. The van der Waals surface area contributed by atoms with Gasteiger partial charge in [0.2, 0.25) is 0 Å². The second kappa shape index (κ2) is 7.87. The number of nitrogens with one attached hydrogen (secondary N) is 1. The molecule has 2 aliphatic heterocycles. The van der Waals surface area contributed by atoms with E-state index in [4.69, 9.17) is 5.73 Å². The van der Waals surface area contributed by atoms with Crippen LogP contribution in [0.15, 0.2) is 0 Å². The van der Waals surface area contributed by atoms with Crippen molar-refractivity contribution in [3.8, 4) is 0 Å². The first kappa shape index (κ1) is 17.1. The third-order valence-corrected chi connectivity index (χ3v) is 6.24. The summed E-state index contributed by atoms with van der Waals surface area (Å²) >= 11 is 0. The van der Waals surface area contributed by atoms with E-state index in [1.165, 1.54) is 0 Å². The lowest BCUT2D eigenvalue weighted by Gasteiger charge is -2.35. The molecule has 0 aliphatic carbocycles. The molecule has 21 heavy (non-hydrogen) atoms. The van der Waals surface area contributed by atoms with Crippen molar-refractivity contribution in [3.63, 3.8) is 0 Å². The van der Waals surface area contributed by atoms with Gasteiger partial charge in [0.1, 0.15) is 0 Å². The molecule has 1 atom stereocenters. The van der Waals surface area contributed by atoms with Crippen molar-refractivity contribution in [2.24, 2.45) is 11.7 Å². The van der Waals surface area contributed by atoms with Gasteiger partial charge in [0.25, 0.3) is 10.2 Å². The SMILES string of the molecule is CCCN1CCC(NS(=O)(=O)N2CCCC(CN)C2)CC1. The highest BCUT2D eigenvalue weighted by Crippen LogP contribution is 2.19. The molecule has 0 radical (unpaired) electrons. The Balaban J connectivity index is 1.84. The zero-order chi connectivity index (χ0) is 15.3. The molecule has 3 N–H and O–H groups in total. The average Bonchev–Trinajstić information content (AvgIpc) is 2.49. The maximum absolute atomic E-state index is 12.5. The van der Waals surface area contributed by atoms with Crippen molar-refractivity contribution in [3.05, 3.63) is 0 Å². The van der Waals surface area contributed by atoms with Crippen molar-refractivity contribution in [2.45, 2.75) is 45.1 Å². The van der Waals surface area contributed by atoms with E-state index in [0.29, 0.717) is 25.6 Å². The highest BCUT2D eigenvalue weighted by molar-refractivity contribution is 7.87. The third-order valence-electron chi connectivity index (χ3n) is 4.60. The third kappa shape index (κ3) is 4.89. The van der Waals surface area contributed by atoms with E-state index in [-0.39, 0.29) is 6.04 Å². The maximum Gasteiger partial charge on any atom is 0.279 e. The second-order valence-corrected chi connectivity index (χ2v) is 8.04. The summed E-state index contributed by atoms with van der Waals surface area (Å²) in [6.45, 7) is 7.05. The van der Waals surface area contributed by atoms with Crippen LogP contribution in [0.5, 0.6) is 0 Å². The number of rotatable bonds is 6. The molecule has 2 aliphatic rings. The first-order valence-corrected chi connectivity index (χ1v) is 9.69. The van der Waals surface area contributed by atoms with Crippen LogP contribution in [-0.4, -0.2) is 62.9 Å². The summed E-state index contributed by atoms with van der Waals surface area (Å²) in [4.78, 5) is 2.41. The van der Waals surface area contributed by atoms with Crippen LogP contribution < -0.4 is 10.5 Å². The number of piperidine rings is 2. The largest absolute Gasteiger partial charge is 0.330 e. The van der Waals surface area contributed by atoms with Crippen molar-refractivity contribution in [1.82, 2.24) is 13.9 Å². The molecule has 6 nitrogen and oxygen atoms in total. The summed E-state index contributed by atoms with van der Waals surface area (Å²) in [5, 5.41) is 0. The number of hydrogen-bond donors (Lipinski definition) is 2. The molecule has 1 unspecified atom stereocenters. The predicted octanol–water partition coefficient (Wildman–Crippen LogP) is 0.366. The topological polar surface area (TPSA) is 78.7 Å². The van der Waals surface area contributed by atoms with Crippen molar-refractivity contribution < 1.29 is 8.42 Å². The van der Waals surface area contributed by atoms with Gasteiger partial charge in [-0.05, 0) is 64.2 Å². The maximum atomic E-state index is 12.5. The molecule has 0 aromatic carbocycles. The van der Waals surface area contributed by atoms with Crippen LogP contribution in [0, 0.1) is 5.92 Å². The fraction of sp³-hybridized carbons (Fsp3) is 1.00. The summed E-state index contributed by atoms with van der Waals surface area (Å²) in [6.07, 6.45) is 4.93. The fourth-order valence-electron chi connectivity index (χ4n) is 3.31. The summed E-state index contributed by atoms with van der Waals surface area (Å²) in [7, 11) is -3.35. The van der Waals surface area contributed by atoms with E-state index in [0.717, 1.165) is 51.7 Å². The van der Waals surface area contributed by atoms with E-state index in [1.54, 1.807) is 4.31 Å². The molecule has 124 valence electrons. The lowest BCUT2D eigenvalue weighted by Crippen LogP contribution is -2.52. The van der Waals surface area contributed by atoms with Crippen LogP contribution in [0.2, 0.25) is 0 Å². The molecule has 2 rings (SSSR count). The molecule has 2 fully saturated rings. The van der Waals surface area contributed by atoms with Gasteiger partial charge in [-0.3, -0.25) is 0 Å². The molecule has 0 spiro atoms. The van der Waals surface area contributed by atoms with E-state index < -0.39 is 10.2 Å². The van der Waals surface area contributed by atoms with Crippen molar-refractivity contribution >= 4 is 10.2 Å². The monoisotopic (exact) mass is 318 g/mol. The molecule has 2 heterocycles. The smallest absolute Gasteiger partial charge is 0.279 e. The van der Waals surface area contributed by atoms with E-state index in [1.807, 2.05) is 0 Å². The van der Waals surface area contributed by atoms with E-state index in [9.17, 15) is 8.42 Å². The Hall–Kier alpha value is -0.210. The molecule has 2 saturated heterocycles. The zero-order valence-corrected chi connectivity index (χ0v) is 13.9. The quantitative estimate of drug-likeness (QED) is 0.741. The van der Waals surface area contributed by atoms with Gasteiger partial charge < -0.3 is 10.6 Å². The first-order valence-electron chi connectivity index (χ1n) is 8.25. The highest BCUT2D eigenvalue weighted by atomic mass is 32.2. The zero-order valence-electron chi connectivity index (χ0n) is 13.1. The summed E-state index contributed by atoms with van der Waals surface area (Å²) < 4.78 is 29.5. The van der Waals surface area contributed by atoms with Gasteiger partial charge in [-0.15, -0.1) is 0 Å². The summed E-state index contributed by atoms with van der Waals surface area (Å²) in [5.41, 5.74) is 5.69. The molecule has 0 bridgehead atoms. The Morgan fingerprint density at radius 1 is 1.19 bits per heavy atom. The van der Waals surface area contributed by atoms with Gasteiger partial charge in [-0.1, -0.05) is 6.92 Å². The number of nitrogens with zero attached hydrogens (tertiary/aromatic N) is 2. The highest BCUT2D eigenvalue weighted by Gasteiger charge is 2.31. The molecule has 0 amide bonds. The summed E-state index contributed by atoms with van der Waals surface area (Å²) in [6, 6.07) is 0.0846. The standard InChI is InChI=1S/C14H30N4O2S/c1-2-7-17-9-5-14(6-10-17)16-21(19,20)18-8-3-4-13(11-15)12-18/h13-14,16H,2-12,15H2,1H3. The van der Waals surface area contributed by atoms with Gasteiger partial charge in [-0.25, -0.2) is 0 Å². The Kier molecular flexibility index (Phi) is 6.43. The minimum Gasteiger partial charge on any atom is -0.330 e. The Morgan fingerprint density at radius 3 is 2.52 bits per heavy atom. The Morgan fingerprint density at radius 2 is 1.90 bits per heavy atom. The van der Waals surface area contributed by atoms with Gasteiger partial charge in [0.05, 0.1) is 0 Å². The molecule has 7 heteroatoms. The summed E-state index contributed by atoms with van der Waals surface area (Å²) in [5.74, 6) is 0.307. The van der Waals surface area contributed by atoms with Crippen molar-refractivity contribution in [1.29, 1.82) is 0 Å². The lowest BCUT2D eigenvalue weighted by atomic mass is 10.0. The van der Waals surface area contributed by atoms with Gasteiger partial charge in [0.15, 0.2) is 0 Å². The van der Waals surface area contributed by atoms with Gasteiger partial charge >= 0.3 is 0 Å². The van der Waals surface area contributed by atoms with Crippen LogP contribution in [-0.2, 0) is 10.2 Å². The predicted molar refractivity (Wildman–Crippen MR) is 85.2 cm³/mol. The fourth-order valence-corrected chi connectivity index (χ4v) is 4.90. The van der Waals surface area contributed by atoms with Crippen LogP contribution in [0.4, 0.5) is 0 Å².